The molecule has 2 heterocycles. The van der Waals surface area contributed by atoms with Gasteiger partial charge in [0.1, 0.15) is 17.3 Å². The molecule has 0 atom stereocenters. The fourth-order valence-corrected chi connectivity index (χ4v) is 3.79. The van der Waals surface area contributed by atoms with Crippen molar-refractivity contribution in [3.63, 3.8) is 0 Å². The SMILES string of the molecule is Cc1ccc(C2=C(N3CCCCC3)C(=O)N(c3ccc(F)cc3F)C2=O)cc1. The highest BCUT2D eigenvalue weighted by atomic mass is 19.1. The highest BCUT2D eigenvalue weighted by Crippen LogP contribution is 2.36. The second-order valence-corrected chi connectivity index (χ2v) is 7.18. The molecule has 6 heteroatoms. The molecule has 0 bridgehead atoms. The van der Waals surface area contributed by atoms with Crippen molar-refractivity contribution in [3.8, 4) is 0 Å². The van der Waals surface area contributed by atoms with Gasteiger partial charge in [0.05, 0.1) is 11.3 Å². The maximum atomic E-state index is 14.4. The maximum Gasteiger partial charge on any atom is 0.282 e. The summed E-state index contributed by atoms with van der Waals surface area (Å²) < 4.78 is 27.7. The van der Waals surface area contributed by atoms with Crippen LogP contribution in [0.4, 0.5) is 14.5 Å². The molecule has 2 aromatic carbocycles. The van der Waals surface area contributed by atoms with Crippen LogP contribution in [0.25, 0.3) is 5.57 Å². The van der Waals surface area contributed by atoms with Gasteiger partial charge in [-0.15, -0.1) is 0 Å². The van der Waals surface area contributed by atoms with E-state index in [0.29, 0.717) is 30.4 Å². The Hall–Kier alpha value is -3.02. The van der Waals surface area contributed by atoms with Crippen molar-refractivity contribution in [1.82, 2.24) is 4.90 Å². The van der Waals surface area contributed by atoms with Gasteiger partial charge >= 0.3 is 0 Å². The molecule has 0 N–H and O–H groups in total. The first-order valence-corrected chi connectivity index (χ1v) is 9.37. The van der Waals surface area contributed by atoms with Crippen LogP contribution in [0.15, 0.2) is 48.2 Å². The Morgan fingerprint density at radius 2 is 1.54 bits per heavy atom. The van der Waals surface area contributed by atoms with Crippen molar-refractivity contribution in [2.45, 2.75) is 26.2 Å². The molecule has 4 rings (SSSR count). The smallest absolute Gasteiger partial charge is 0.282 e. The number of hydrogen-bond acceptors (Lipinski definition) is 3. The van der Waals surface area contributed by atoms with Crippen molar-refractivity contribution >= 4 is 23.1 Å². The highest BCUT2D eigenvalue weighted by molar-refractivity contribution is 6.45. The Morgan fingerprint density at radius 3 is 2.18 bits per heavy atom. The summed E-state index contributed by atoms with van der Waals surface area (Å²) in [7, 11) is 0. The molecule has 144 valence electrons. The number of carbonyl (C=O) groups excluding carboxylic acids is 2. The molecule has 4 nitrogen and oxygen atoms in total. The summed E-state index contributed by atoms with van der Waals surface area (Å²) in [4.78, 5) is 29.2. The quantitative estimate of drug-likeness (QED) is 0.752. The van der Waals surface area contributed by atoms with Crippen LogP contribution in [-0.4, -0.2) is 29.8 Å². The molecule has 0 saturated carbocycles. The number of hydrogen-bond donors (Lipinski definition) is 0. The molecule has 0 spiro atoms. The van der Waals surface area contributed by atoms with Crippen LogP contribution in [-0.2, 0) is 9.59 Å². The first kappa shape index (κ1) is 18.3. The number of anilines is 1. The second kappa shape index (κ2) is 7.19. The van der Waals surface area contributed by atoms with Gasteiger partial charge in [0.25, 0.3) is 11.8 Å². The summed E-state index contributed by atoms with van der Waals surface area (Å²) in [6.45, 7) is 3.28. The number of piperidine rings is 1. The number of likely N-dealkylation sites (tertiary alicyclic amines) is 1. The summed E-state index contributed by atoms with van der Waals surface area (Å²) in [5, 5.41) is 0. The lowest BCUT2D eigenvalue weighted by molar-refractivity contribution is -0.120. The predicted molar refractivity (Wildman–Crippen MR) is 102 cm³/mol. The number of aryl methyl sites for hydroxylation is 1. The Balaban J connectivity index is 1.84. The molecule has 0 unspecified atom stereocenters. The molecule has 1 fully saturated rings. The number of imide groups is 1. The van der Waals surface area contributed by atoms with Crippen LogP contribution in [0.5, 0.6) is 0 Å². The average Bonchev–Trinajstić information content (AvgIpc) is 2.94. The van der Waals surface area contributed by atoms with E-state index in [0.717, 1.165) is 41.9 Å². The monoisotopic (exact) mass is 382 g/mol. The fraction of sp³-hybridized carbons (Fsp3) is 0.273. The average molecular weight is 382 g/mol. The second-order valence-electron chi connectivity index (χ2n) is 7.18. The molecule has 1 saturated heterocycles. The largest absolute Gasteiger partial charge is 0.366 e. The van der Waals surface area contributed by atoms with E-state index >= 15 is 0 Å². The summed E-state index contributed by atoms with van der Waals surface area (Å²) in [6, 6.07) is 10.2. The van der Waals surface area contributed by atoms with Crippen molar-refractivity contribution in [3.05, 3.63) is 70.9 Å². The minimum Gasteiger partial charge on any atom is -0.366 e. The van der Waals surface area contributed by atoms with E-state index in [-0.39, 0.29) is 11.3 Å². The predicted octanol–water partition coefficient (Wildman–Crippen LogP) is 4.04. The van der Waals surface area contributed by atoms with E-state index in [1.165, 1.54) is 0 Å². The van der Waals surface area contributed by atoms with Gasteiger partial charge in [-0.05, 0) is 43.9 Å². The number of amides is 2. The fourth-order valence-electron chi connectivity index (χ4n) is 3.79. The van der Waals surface area contributed by atoms with Gasteiger partial charge in [-0.2, -0.15) is 0 Å². The summed E-state index contributed by atoms with van der Waals surface area (Å²) in [6.07, 6.45) is 2.93. The van der Waals surface area contributed by atoms with E-state index < -0.39 is 23.4 Å². The summed E-state index contributed by atoms with van der Waals surface area (Å²) in [5.41, 5.74) is 2.00. The van der Waals surface area contributed by atoms with Gasteiger partial charge in [-0.3, -0.25) is 9.59 Å². The van der Waals surface area contributed by atoms with Crippen molar-refractivity contribution < 1.29 is 18.4 Å². The minimum absolute atomic E-state index is 0.229. The molecule has 0 aromatic heterocycles. The topological polar surface area (TPSA) is 40.6 Å². The lowest BCUT2D eigenvalue weighted by Crippen LogP contribution is -2.37. The van der Waals surface area contributed by atoms with E-state index in [1.807, 2.05) is 24.0 Å². The third-order valence-electron chi connectivity index (χ3n) is 5.22. The Bertz CT molecular complexity index is 977. The van der Waals surface area contributed by atoms with E-state index in [2.05, 4.69) is 0 Å². The first-order chi connectivity index (χ1) is 13.5. The van der Waals surface area contributed by atoms with Crippen LogP contribution in [0.2, 0.25) is 0 Å². The number of benzene rings is 2. The maximum absolute atomic E-state index is 14.4. The van der Waals surface area contributed by atoms with Crippen LogP contribution in [0.3, 0.4) is 0 Å². The van der Waals surface area contributed by atoms with E-state index in [4.69, 9.17) is 0 Å². The zero-order chi connectivity index (χ0) is 19.8. The number of rotatable bonds is 3. The molecule has 2 aliphatic heterocycles. The number of carbonyl (C=O) groups is 2. The molecule has 2 amide bonds. The summed E-state index contributed by atoms with van der Waals surface area (Å²) >= 11 is 0. The van der Waals surface area contributed by atoms with Crippen molar-refractivity contribution in [2.24, 2.45) is 0 Å². The van der Waals surface area contributed by atoms with Gasteiger partial charge < -0.3 is 4.90 Å². The molecular formula is C22H20F2N2O2. The van der Waals surface area contributed by atoms with E-state index in [9.17, 15) is 18.4 Å². The zero-order valence-electron chi connectivity index (χ0n) is 15.5. The first-order valence-electron chi connectivity index (χ1n) is 9.37. The van der Waals surface area contributed by atoms with Gasteiger partial charge in [0.15, 0.2) is 0 Å². The Kier molecular flexibility index (Phi) is 4.71. The van der Waals surface area contributed by atoms with Crippen molar-refractivity contribution in [2.75, 3.05) is 18.0 Å². The minimum atomic E-state index is -0.940. The third-order valence-corrected chi connectivity index (χ3v) is 5.22. The van der Waals surface area contributed by atoms with Gasteiger partial charge in [0, 0.05) is 19.2 Å². The molecule has 0 aliphatic carbocycles. The molecular weight excluding hydrogens is 362 g/mol. The standard InChI is InChI=1S/C22H20F2N2O2/c1-14-5-7-15(8-6-14)19-20(25-11-3-2-4-12-25)22(28)26(21(19)27)18-10-9-16(23)13-17(18)24/h5-10,13H,2-4,11-12H2,1H3. The van der Waals surface area contributed by atoms with Crippen LogP contribution in [0, 0.1) is 18.6 Å². The number of nitrogens with zero attached hydrogens (tertiary/aromatic N) is 2. The van der Waals surface area contributed by atoms with Gasteiger partial charge in [-0.1, -0.05) is 29.8 Å². The lowest BCUT2D eigenvalue weighted by Gasteiger charge is -2.29. The van der Waals surface area contributed by atoms with Crippen LogP contribution < -0.4 is 4.90 Å². The van der Waals surface area contributed by atoms with Crippen LogP contribution in [0.1, 0.15) is 30.4 Å². The van der Waals surface area contributed by atoms with E-state index in [1.54, 1.807) is 12.1 Å². The highest BCUT2D eigenvalue weighted by Gasteiger charge is 2.43. The van der Waals surface area contributed by atoms with Crippen molar-refractivity contribution in [1.29, 1.82) is 0 Å². The lowest BCUT2D eigenvalue weighted by atomic mass is 10.0. The normalized spacial score (nSPS) is 17.7. The van der Waals surface area contributed by atoms with Crippen LogP contribution >= 0.6 is 0 Å². The number of halogens is 2. The zero-order valence-corrected chi connectivity index (χ0v) is 15.5. The Morgan fingerprint density at radius 1 is 0.857 bits per heavy atom. The Labute approximate surface area is 162 Å². The molecule has 2 aliphatic rings. The molecule has 28 heavy (non-hydrogen) atoms. The summed E-state index contributed by atoms with van der Waals surface area (Å²) in [5.74, 6) is -2.85. The molecule has 2 aromatic rings. The van der Waals surface area contributed by atoms with Gasteiger partial charge in [-0.25, -0.2) is 13.7 Å². The van der Waals surface area contributed by atoms with Gasteiger partial charge in [0.2, 0.25) is 0 Å². The third kappa shape index (κ3) is 3.09. The molecule has 0 radical (unpaired) electrons.